The van der Waals surface area contributed by atoms with E-state index < -0.39 is 6.61 Å². The van der Waals surface area contributed by atoms with Crippen molar-refractivity contribution in [3.05, 3.63) is 26.8 Å². The SMILES string of the molecule is CC(=O)c1c(C)ccc(OC(F)F)c1I. The minimum Gasteiger partial charge on any atom is -0.434 e. The molecule has 0 N–H and O–H groups in total. The van der Waals surface area contributed by atoms with Crippen LogP contribution >= 0.6 is 22.6 Å². The van der Waals surface area contributed by atoms with Crippen molar-refractivity contribution in [2.45, 2.75) is 20.5 Å². The summed E-state index contributed by atoms with van der Waals surface area (Å²) < 4.78 is 28.8. The Morgan fingerprint density at radius 1 is 1.47 bits per heavy atom. The maximum absolute atomic E-state index is 12.0. The number of carbonyl (C=O) groups excluding carboxylic acids is 1. The Kier molecular flexibility index (Phi) is 4.01. The summed E-state index contributed by atoms with van der Waals surface area (Å²) in [6, 6.07) is 3.03. The monoisotopic (exact) mass is 326 g/mol. The summed E-state index contributed by atoms with van der Waals surface area (Å²) in [7, 11) is 0. The summed E-state index contributed by atoms with van der Waals surface area (Å²) in [5.74, 6) is -0.113. The second-order valence-electron chi connectivity index (χ2n) is 3.00. The molecule has 15 heavy (non-hydrogen) atoms. The molecule has 0 radical (unpaired) electrons. The van der Waals surface area contributed by atoms with Crippen LogP contribution in [0.5, 0.6) is 5.75 Å². The predicted molar refractivity (Wildman–Crippen MR) is 60.5 cm³/mol. The highest BCUT2D eigenvalue weighted by atomic mass is 127. The summed E-state index contributed by atoms with van der Waals surface area (Å²) in [5.41, 5.74) is 1.20. The highest BCUT2D eigenvalue weighted by Gasteiger charge is 2.15. The van der Waals surface area contributed by atoms with E-state index in [2.05, 4.69) is 4.74 Å². The number of ether oxygens (including phenoxy) is 1. The fourth-order valence-corrected chi connectivity index (χ4v) is 2.38. The van der Waals surface area contributed by atoms with Gasteiger partial charge in [-0.3, -0.25) is 4.79 Å². The Morgan fingerprint density at radius 2 is 2.07 bits per heavy atom. The van der Waals surface area contributed by atoms with Crippen molar-refractivity contribution in [2.75, 3.05) is 0 Å². The number of rotatable bonds is 3. The molecule has 0 saturated carbocycles. The van der Waals surface area contributed by atoms with E-state index in [4.69, 9.17) is 0 Å². The molecule has 0 aliphatic heterocycles. The minimum atomic E-state index is -2.87. The zero-order valence-corrected chi connectivity index (χ0v) is 10.3. The van der Waals surface area contributed by atoms with Gasteiger partial charge in [-0.2, -0.15) is 8.78 Å². The van der Waals surface area contributed by atoms with Crippen LogP contribution in [0.25, 0.3) is 0 Å². The van der Waals surface area contributed by atoms with E-state index in [9.17, 15) is 13.6 Å². The number of halogens is 3. The van der Waals surface area contributed by atoms with Crippen LogP contribution in [0.2, 0.25) is 0 Å². The highest BCUT2D eigenvalue weighted by molar-refractivity contribution is 14.1. The summed E-state index contributed by atoms with van der Waals surface area (Å²) in [4.78, 5) is 11.3. The van der Waals surface area contributed by atoms with Crippen molar-refractivity contribution in [1.29, 1.82) is 0 Å². The largest absolute Gasteiger partial charge is 0.434 e. The third-order valence-corrected chi connectivity index (χ3v) is 2.95. The van der Waals surface area contributed by atoms with Crippen molar-refractivity contribution in [2.24, 2.45) is 0 Å². The first-order chi connectivity index (χ1) is 6.93. The lowest BCUT2D eigenvalue weighted by Crippen LogP contribution is -2.07. The molecular weight excluding hydrogens is 317 g/mol. The second kappa shape index (κ2) is 4.87. The lowest BCUT2D eigenvalue weighted by Gasteiger charge is -2.11. The van der Waals surface area contributed by atoms with Crippen molar-refractivity contribution >= 4 is 28.4 Å². The van der Waals surface area contributed by atoms with Crippen LogP contribution in [0.4, 0.5) is 8.78 Å². The zero-order chi connectivity index (χ0) is 11.6. The Morgan fingerprint density at radius 3 is 2.53 bits per heavy atom. The first-order valence-electron chi connectivity index (χ1n) is 4.18. The lowest BCUT2D eigenvalue weighted by molar-refractivity contribution is -0.0504. The summed E-state index contributed by atoms with van der Waals surface area (Å²) >= 11 is 1.84. The first kappa shape index (κ1) is 12.4. The van der Waals surface area contributed by atoms with E-state index in [1.54, 1.807) is 13.0 Å². The van der Waals surface area contributed by atoms with Gasteiger partial charge in [0.05, 0.1) is 3.57 Å². The number of hydrogen-bond acceptors (Lipinski definition) is 2. The Labute approximate surface area is 99.8 Å². The molecule has 1 aromatic rings. The summed E-state index contributed by atoms with van der Waals surface area (Å²) in [6.45, 7) is 0.280. The van der Waals surface area contributed by atoms with Crippen LogP contribution in [0.15, 0.2) is 12.1 Å². The first-order valence-corrected chi connectivity index (χ1v) is 5.26. The number of alkyl halides is 2. The van der Waals surface area contributed by atoms with Gasteiger partial charge in [0, 0.05) is 5.56 Å². The van der Waals surface area contributed by atoms with Crippen molar-refractivity contribution in [3.63, 3.8) is 0 Å². The van der Waals surface area contributed by atoms with Gasteiger partial charge in [-0.1, -0.05) is 6.07 Å². The van der Waals surface area contributed by atoms with Crippen LogP contribution < -0.4 is 4.74 Å². The number of carbonyl (C=O) groups is 1. The Balaban J connectivity index is 3.22. The molecule has 0 bridgehead atoms. The third kappa shape index (κ3) is 2.87. The van der Waals surface area contributed by atoms with Crippen molar-refractivity contribution < 1.29 is 18.3 Å². The van der Waals surface area contributed by atoms with Crippen LogP contribution in [0.1, 0.15) is 22.8 Å². The molecule has 5 heteroatoms. The van der Waals surface area contributed by atoms with Crippen LogP contribution in [0.3, 0.4) is 0 Å². The topological polar surface area (TPSA) is 26.3 Å². The van der Waals surface area contributed by atoms with E-state index >= 15 is 0 Å². The van der Waals surface area contributed by atoms with Gasteiger partial charge in [0.1, 0.15) is 5.75 Å². The average Bonchev–Trinajstić information content (AvgIpc) is 2.09. The Bertz CT molecular complexity index is 391. The predicted octanol–water partition coefficient (Wildman–Crippen LogP) is 3.40. The lowest BCUT2D eigenvalue weighted by atomic mass is 10.1. The molecule has 0 amide bonds. The molecule has 0 atom stereocenters. The van der Waals surface area contributed by atoms with E-state index in [0.717, 1.165) is 5.56 Å². The molecule has 2 nitrogen and oxygen atoms in total. The summed E-state index contributed by atoms with van der Waals surface area (Å²) in [5, 5.41) is 0. The van der Waals surface area contributed by atoms with Crippen molar-refractivity contribution in [3.8, 4) is 5.75 Å². The number of ketones is 1. The number of hydrogen-bond donors (Lipinski definition) is 0. The molecule has 0 unspecified atom stereocenters. The fourth-order valence-electron chi connectivity index (χ4n) is 1.27. The van der Waals surface area contributed by atoms with Gasteiger partial charge < -0.3 is 4.74 Å². The van der Waals surface area contributed by atoms with Crippen molar-refractivity contribution in [1.82, 2.24) is 0 Å². The van der Waals surface area contributed by atoms with Gasteiger partial charge in [-0.05, 0) is 48.1 Å². The fraction of sp³-hybridized carbons (Fsp3) is 0.300. The van der Waals surface area contributed by atoms with Gasteiger partial charge in [0.25, 0.3) is 0 Å². The molecule has 82 valence electrons. The second-order valence-corrected chi connectivity index (χ2v) is 4.08. The van der Waals surface area contributed by atoms with Crippen LogP contribution in [-0.2, 0) is 0 Å². The van der Waals surface area contributed by atoms with E-state index in [0.29, 0.717) is 9.13 Å². The highest BCUT2D eigenvalue weighted by Crippen LogP contribution is 2.28. The minimum absolute atomic E-state index is 0.0430. The molecular formula is C10H9F2IO2. The normalized spacial score (nSPS) is 10.5. The molecule has 1 aromatic carbocycles. The van der Waals surface area contributed by atoms with E-state index in [1.165, 1.54) is 13.0 Å². The molecule has 0 saturated heterocycles. The zero-order valence-electron chi connectivity index (χ0n) is 8.18. The number of Topliss-reactive ketones (excluding diaryl/α,β-unsaturated/α-hetero) is 1. The third-order valence-electron chi connectivity index (χ3n) is 1.88. The van der Waals surface area contributed by atoms with Gasteiger partial charge in [0.2, 0.25) is 0 Å². The van der Waals surface area contributed by atoms with Gasteiger partial charge in [-0.15, -0.1) is 0 Å². The number of benzene rings is 1. The molecule has 0 heterocycles. The van der Waals surface area contributed by atoms with Gasteiger partial charge in [0.15, 0.2) is 5.78 Å². The molecule has 1 rings (SSSR count). The average molecular weight is 326 g/mol. The maximum Gasteiger partial charge on any atom is 0.387 e. The molecule has 0 spiro atoms. The smallest absolute Gasteiger partial charge is 0.387 e. The van der Waals surface area contributed by atoms with E-state index in [1.807, 2.05) is 22.6 Å². The Hall–Kier alpha value is -0.720. The van der Waals surface area contributed by atoms with Gasteiger partial charge >= 0.3 is 6.61 Å². The molecule has 0 aliphatic carbocycles. The number of aryl methyl sites for hydroxylation is 1. The molecule has 0 fully saturated rings. The molecule has 0 aliphatic rings. The van der Waals surface area contributed by atoms with E-state index in [-0.39, 0.29) is 11.5 Å². The summed E-state index contributed by atoms with van der Waals surface area (Å²) in [6.07, 6.45) is 0. The quantitative estimate of drug-likeness (QED) is 0.629. The maximum atomic E-state index is 12.0. The van der Waals surface area contributed by atoms with Crippen LogP contribution in [0, 0.1) is 10.5 Å². The van der Waals surface area contributed by atoms with Crippen LogP contribution in [-0.4, -0.2) is 12.4 Å². The van der Waals surface area contributed by atoms with Gasteiger partial charge in [-0.25, -0.2) is 0 Å². The molecule has 0 aromatic heterocycles. The standard InChI is InChI=1S/C10H9F2IO2/c1-5-3-4-7(15-10(11)12)9(13)8(5)6(2)14/h3-4,10H,1-2H3.